The van der Waals surface area contributed by atoms with Crippen molar-refractivity contribution in [3.8, 4) is 0 Å². The van der Waals surface area contributed by atoms with Crippen molar-refractivity contribution in [2.45, 2.75) is 122 Å². The number of carbonyl (C=O) groups excluding carboxylic acids is 2. The Hall–Kier alpha value is -2.58. The number of fused-ring (bicyclic) bond motifs is 9. The molecular weight excluding hydrogens is 554 g/mol. The fraction of sp³-hybridized carbons (Fsp3) is 0.622. The van der Waals surface area contributed by atoms with Crippen LogP contribution >= 0.6 is 0 Å². The number of aliphatic hydroxyl groups is 2. The van der Waals surface area contributed by atoms with Crippen molar-refractivity contribution in [3.05, 3.63) is 58.7 Å². The van der Waals surface area contributed by atoms with E-state index >= 15 is 0 Å². The smallest absolute Gasteiger partial charge is 0.231 e. The van der Waals surface area contributed by atoms with Crippen molar-refractivity contribution in [3.63, 3.8) is 0 Å². The molecule has 7 heteroatoms. The fourth-order valence-electron chi connectivity index (χ4n) is 10.1. The molecule has 0 saturated heterocycles. The summed E-state index contributed by atoms with van der Waals surface area (Å²) >= 11 is 0. The van der Waals surface area contributed by atoms with E-state index in [2.05, 4.69) is 45.7 Å². The van der Waals surface area contributed by atoms with Crippen LogP contribution in [0.5, 0.6) is 0 Å². The lowest BCUT2D eigenvalue weighted by Crippen LogP contribution is -2.70. The van der Waals surface area contributed by atoms with E-state index in [1.54, 1.807) is 6.08 Å². The lowest BCUT2D eigenvalue weighted by atomic mass is 9.41. The maximum Gasteiger partial charge on any atom is 0.231 e. The Balaban J connectivity index is 1.30. The number of amides is 1. The van der Waals surface area contributed by atoms with E-state index in [0.717, 1.165) is 23.1 Å². The Morgan fingerprint density at radius 1 is 1.02 bits per heavy atom. The molecule has 44 heavy (non-hydrogen) atoms. The molecule has 1 amide bonds. The average molecular weight is 602 g/mol. The Morgan fingerprint density at radius 3 is 2.45 bits per heavy atom. The van der Waals surface area contributed by atoms with E-state index < -0.39 is 34.2 Å². The molecule has 2 fully saturated rings. The number of rotatable bonds is 1. The molecule has 0 bridgehead atoms. The van der Waals surface area contributed by atoms with Crippen LogP contribution in [0.2, 0.25) is 0 Å². The van der Waals surface area contributed by atoms with Gasteiger partial charge in [-0.05, 0) is 132 Å². The van der Waals surface area contributed by atoms with E-state index in [9.17, 15) is 19.8 Å². The predicted octanol–water partition coefficient (Wildman–Crippen LogP) is 5.93. The fourth-order valence-corrected chi connectivity index (χ4v) is 10.1. The molecule has 3 N–H and O–H groups in total. The minimum atomic E-state index is -1.36. The van der Waals surface area contributed by atoms with Crippen LogP contribution in [0.25, 0.3) is 5.57 Å². The van der Waals surface area contributed by atoms with Gasteiger partial charge in [-0.25, -0.2) is 0 Å². The normalized spacial score (nSPS) is 41.6. The Bertz CT molecular complexity index is 1570. The Kier molecular flexibility index (Phi) is 6.32. The highest BCUT2D eigenvalue weighted by molar-refractivity contribution is 6.09. The molecule has 2 saturated carbocycles. The molecule has 3 aliphatic heterocycles. The number of nitrogens with one attached hydrogen (secondary N) is 1. The van der Waals surface area contributed by atoms with Crippen molar-refractivity contribution < 1.29 is 29.3 Å². The zero-order valence-corrected chi connectivity index (χ0v) is 27.2. The van der Waals surface area contributed by atoms with Crippen LogP contribution in [0, 0.1) is 22.7 Å². The van der Waals surface area contributed by atoms with Crippen LogP contribution < -0.4 is 5.32 Å². The third kappa shape index (κ3) is 3.88. The van der Waals surface area contributed by atoms with Crippen LogP contribution in [0.15, 0.2) is 42.0 Å². The molecule has 6 aliphatic rings. The summed E-state index contributed by atoms with van der Waals surface area (Å²) < 4.78 is 12.7. The number of hydrogen-bond donors (Lipinski definition) is 3. The second-order valence-electron chi connectivity index (χ2n) is 16.0. The van der Waals surface area contributed by atoms with Crippen LogP contribution in [0.3, 0.4) is 0 Å². The van der Waals surface area contributed by atoms with Crippen LogP contribution in [-0.4, -0.2) is 57.0 Å². The van der Waals surface area contributed by atoms with Crippen molar-refractivity contribution in [2.75, 3.05) is 5.32 Å². The molecule has 236 valence electrons. The van der Waals surface area contributed by atoms with Crippen molar-refractivity contribution in [1.82, 2.24) is 0 Å². The van der Waals surface area contributed by atoms with E-state index in [4.69, 9.17) is 9.47 Å². The van der Waals surface area contributed by atoms with Crippen molar-refractivity contribution >= 4 is 23.0 Å². The summed E-state index contributed by atoms with van der Waals surface area (Å²) in [6, 6.07) is 4.02. The van der Waals surface area contributed by atoms with Gasteiger partial charge in [0.1, 0.15) is 12.2 Å². The van der Waals surface area contributed by atoms with Gasteiger partial charge < -0.3 is 25.0 Å². The molecule has 3 aliphatic carbocycles. The number of benzene rings is 1. The summed E-state index contributed by atoms with van der Waals surface area (Å²) in [5, 5.41) is 26.8. The van der Waals surface area contributed by atoms with Gasteiger partial charge in [0, 0.05) is 23.3 Å². The molecule has 1 aromatic rings. The zero-order chi connectivity index (χ0) is 31.8. The lowest BCUT2D eigenvalue weighted by Gasteiger charge is -2.65. The Morgan fingerprint density at radius 2 is 1.75 bits per heavy atom. The number of anilines is 1. The first kappa shape index (κ1) is 30.1. The number of ether oxygens (including phenoxy) is 2. The third-order valence-electron chi connectivity index (χ3n) is 12.6. The van der Waals surface area contributed by atoms with Gasteiger partial charge in [-0.1, -0.05) is 13.5 Å². The predicted molar refractivity (Wildman–Crippen MR) is 169 cm³/mol. The van der Waals surface area contributed by atoms with Gasteiger partial charge in [0.05, 0.1) is 34.0 Å². The summed E-state index contributed by atoms with van der Waals surface area (Å²) in [7, 11) is 0. The minimum absolute atomic E-state index is 0.0291. The summed E-state index contributed by atoms with van der Waals surface area (Å²) in [6.45, 7) is 18.2. The molecule has 0 aromatic heterocycles. The van der Waals surface area contributed by atoms with Gasteiger partial charge in [0.2, 0.25) is 5.91 Å². The highest BCUT2D eigenvalue weighted by atomic mass is 16.5. The van der Waals surface area contributed by atoms with E-state index in [1.807, 2.05) is 32.9 Å². The number of carbonyl (C=O) groups is 2. The first-order valence-corrected chi connectivity index (χ1v) is 16.3. The number of Topliss-reactive ketones (excluding diaryl/α,β-unsaturated/α-hetero) is 1. The topological polar surface area (TPSA) is 105 Å². The van der Waals surface area contributed by atoms with Gasteiger partial charge in [0.15, 0.2) is 5.78 Å². The first-order chi connectivity index (χ1) is 20.4. The summed E-state index contributed by atoms with van der Waals surface area (Å²) in [5.74, 6) is -0.208. The van der Waals surface area contributed by atoms with Gasteiger partial charge in [-0.3, -0.25) is 9.59 Å². The second-order valence-corrected chi connectivity index (χ2v) is 16.0. The van der Waals surface area contributed by atoms with Gasteiger partial charge in [0.25, 0.3) is 0 Å². The molecule has 7 nitrogen and oxygen atoms in total. The summed E-state index contributed by atoms with van der Waals surface area (Å²) in [6.07, 6.45) is 5.26. The molecule has 3 heterocycles. The van der Waals surface area contributed by atoms with Gasteiger partial charge in [-0.2, -0.15) is 0 Å². The summed E-state index contributed by atoms with van der Waals surface area (Å²) in [5.41, 5.74) is 1.84. The number of ketones is 1. The highest BCUT2D eigenvalue weighted by Gasteiger charge is 2.70. The van der Waals surface area contributed by atoms with Crippen LogP contribution in [0.1, 0.15) is 102 Å². The largest absolute Gasteiger partial charge is 0.386 e. The molecular formula is C37H47NO6. The molecule has 0 radical (unpaired) electrons. The molecule has 3 unspecified atom stereocenters. The van der Waals surface area contributed by atoms with Crippen LogP contribution in [0.4, 0.5) is 5.69 Å². The second kappa shape index (κ2) is 9.25. The monoisotopic (exact) mass is 601 g/mol. The minimum Gasteiger partial charge on any atom is -0.386 e. The van der Waals surface area contributed by atoms with Gasteiger partial charge >= 0.3 is 0 Å². The molecule has 8 atom stereocenters. The van der Waals surface area contributed by atoms with Crippen LogP contribution in [-0.2, 0) is 20.7 Å². The lowest BCUT2D eigenvalue weighted by molar-refractivity contribution is -0.211. The zero-order valence-electron chi connectivity index (χ0n) is 27.2. The summed E-state index contributed by atoms with van der Waals surface area (Å²) in [4.78, 5) is 28.8. The maximum absolute atomic E-state index is 14.7. The van der Waals surface area contributed by atoms with Crippen molar-refractivity contribution in [1.29, 1.82) is 0 Å². The van der Waals surface area contributed by atoms with E-state index in [1.165, 1.54) is 5.57 Å². The maximum atomic E-state index is 14.7. The third-order valence-corrected chi connectivity index (χ3v) is 12.6. The SMILES string of the molecule is C=C(C)[C@H]1OC2CC[C@@]3(C)[C@@](O)(CC[C@H]4CC(=O)c5cc6c(cc5NC(=O)[C@@]43C)C3=CC(C)(C)OC(C)(C)C3C6)C2=CC1O. The highest BCUT2D eigenvalue weighted by Crippen LogP contribution is 2.67. The number of aliphatic hydroxyl groups excluding tert-OH is 1. The van der Waals surface area contributed by atoms with E-state index in [-0.39, 0.29) is 41.7 Å². The van der Waals surface area contributed by atoms with E-state index in [0.29, 0.717) is 42.5 Å². The standard InChI is InChI=1S/C37H47NO6/c1-19(2)31-29(40)17-26-30(43-31)10-11-35(7)36(8)21(9-12-37(26,35)42)15-28(39)23-13-20-14-25-24(18-33(3,4)44-34(25,5)6)22(20)16-27(23)38-32(36)41/h13,16-18,21,25,29-31,40,42H,1,9-12,14-15H2,2-8H3,(H,38,41)/t21-,25?,29?,30?,31+,35+,36+,37+/m0/s1. The van der Waals surface area contributed by atoms with Crippen molar-refractivity contribution in [2.24, 2.45) is 22.7 Å². The quantitative estimate of drug-likeness (QED) is 0.345. The number of hydrogen-bond acceptors (Lipinski definition) is 6. The molecule has 0 spiro atoms. The van der Waals surface area contributed by atoms with Gasteiger partial charge in [-0.15, -0.1) is 0 Å². The Labute approximate surface area is 260 Å². The molecule has 1 aromatic carbocycles. The average Bonchev–Trinajstić information content (AvgIpc) is 3.28. The first-order valence-electron chi connectivity index (χ1n) is 16.3. The molecule has 7 rings (SSSR count).